The maximum absolute atomic E-state index is 12.1. The lowest BCUT2D eigenvalue weighted by Crippen LogP contribution is -2.12. The van der Waals surface area contributed by atoms with Crippen molar-refractivity contribution in [3.63, 3.8) is 0 Å². The summed E-state index contributed by atoms with van der Waals surface area (Å²) < 4.78 is 0. The van der Waals surface area contributed by atoms with Crippen LogP contribution in [0.2, 0.25) is 5.02 Å². The Morgan fingerprint density at radius 2 is 2.18 bits per heavy atom. The summed E-state index contributed by atoms with van der Waals surface area (Å²) in [5, 5.41) is 3.59. The molecule has 0 unspecified atom stereocenters. The van der Waals surface area contributed by atoms with Crippen molar-refractivity contribution in [1.29, 1.82) is 0 Å². The van der Waals surface area contributed by atoms with Crippen molar-refractivity contribution in [2.75, 3.05) is 11.1 Å². The number of nitrogens with one attached hydrogen (secondary N) is 1. The van der Waals surface area contributed by atoms with Gasteiger partial charge in [-0.25, -0.2) is 0 Å². The van der Waals surface area contributed by atoms with E-state index in [2.05, 4.69) is 17.2 Å². The molecular weight excluding hydrogens is 316 g/mol. The molecule has 0 radical (unpaired) electrons. The molecule has 116 valence electrons. The van der Waals surface area contributed by atoms with E-state index in [0.717, 1.165) is 34.9 Å². The number of pyridine rings is 1. The summed E-state index contributed by atoms with van der Waals surface area (Å²) in [5.41, 5.74) is 1.81. The third kappa shape index (κ3) is 5.35. The lowest BCUT2D eigenvalue weighted by molar-refractivity contribution is -0.116. The molecule has 0 aliphatic carbocycles. The minimum absolute atomic E-state index is 0.0103. The van der Waals surface area contributed by atoms with Crippen LogP contribution in [0.25, 0.3) is 0 Å². The van der Waals surface area contributed by atoms with E-state index in [4.69, 9.17) is 11.6 Å². The van der Waals surface area contributed by atoms with Crippen LogP contribution in [0, 0.1) is 0 Å². The highest BCUT2D eigenvalue weighted by atomic mass is 35.5. The molecule has 1 aromatic heterocycles. The van der Waals surface area contributed by atoms with Crippen LogP contribution in [-0.2, 0) is 11.2 Å². The van der Waals surface area contributed by atoms with Crippen LogP contribution in [0.5, 0.6) is 0 Å². The molecule has 1 heterocycles. The number of aromatic nitrogens is 1. The number of aryl methyl sites for hydroxylation is 1. The van der Waals surface area contributed by atoms with Gasteiger partial charge in [0, 0.05) is 28.2 Å². The highest BCUT2D eigenvalue weighted by Gasteiger charge is 2.08. The highest BCUT2D eigenvalue weighted by molar-refractivity contribution is 7.99. The molecule has 0 saturated carbocycles. The number of hydrogen-bond donors (Lipinski definition) is 1. The molecule has 0 fully saturated rings. The van der Waals surface area contributed by atoms with E-state index in [1.54, 1.807) is 24.0 Å². The molecular formula is C17H19ClN2OS. The SMILES string of the molecule is CCSc1ccc(Cl)cc1NC(=O)CCCc1ccccn1. The standard InChI is InChI=1S/C17H19ClN2OS/c1-2-22-16-10-9-13(18)12-15(16)20-17(21)8-5-7-14-6-3-4-11-19-14/h3-4,6,9-12H,2,5,7-8H2,1H3,(H,20,21). The first-order valence-corrected chi connectivity index (χ1v) is 8.67. The largest absolute Gasteiger partial charge is 0.325 e. The molecule has 1 amide bonds. The van der Waals surface area contributed by atoms with Crippen LogP contribution in [0.1, 0.15) is 25.5 Å². The fourth-order valence-corrected chi connectivity index (χ4v) is 2.98. The van der Waals surface area contributed by atoms with Gasteiger partial charge in [0.25, 0.3) is 0 Å². The van der Waals surface area contributed by atoms with Gasteiger partial charge in [-0.15, -0.1) is 11.8 Å². The van der Waals surface area contributed by atoms with E-state index in [1.165, 1.54) is 0 Å². The van der Waals surface area contributed by atoms with Crippen LogP contribution >= 0.6 is 23.4 Å². The van der Waals surface area contributed by atoms with Gasteiger partial charge in [-0.05, 0) is 48.9 Å². The Balaban J connectivity index is 1.87. The average molecular weight is 335 g/mol. The van der Waals surface area contributed by atoms with Crippen LogP contribution in [0.4, 0.5) is 5.69 Å². The van der Waals surface area contributed by atoms with Crippen molar-refractivity contribution in [2.45, 2.75) is 31.1 Å². The van der Waals surface area contributed by atoms with Gasteiger partial charge in [-0.2, -0.15) is 0 Å². The quantitative estimate of drug-likeness (QED) is 0.739. The lowest BCUT2D eigenvalue weighted by Gasteiger charge is -2.10. The van der Waals surface area contributed by atoms with E-state index >= 15 is 0 Å². The summed E-state index contributed by atoms with van der Waals surface area (Å²) in [6, 6.07) is 11.4. The number of benzene rings is 1. The van der Waals surface area contributed by atoms with E-state index in [0.29, 0.717) is 11.4 Å². The van der Waals surface area contributed by atoms with Crippen molar-refractivity contribution in [2.24, 2.45) is 0 Å². The van der Waals surface area contributed by atoms with E-state index < -0.39 is 0 Å². The Morgan fingerprint density at radius 3 is 2.91 bits per heavy atom. The van der Waals surface area contributed by atoms with Crippen molar-refractivity contribution >= 4 is 35.0 Å². The predicted octanol–water partition coefficient (Wildman–Crippen LogP) is 4.81. The first-order valence-electron chi connectivity index (χ1n) is 7.31. The van der Waals surface area contributed by atoms with Crippen LogP contribution in [0.15, 0.2) is 47.5 Å². The van der Waals surface area contributed by atoms with Gasteiger partial charge in [0.2, 0.25) is 5.91 Å². The van der Waals surface area contributed by atoms with Gasteiger partial charge in [0.1, 0.15) is 0 Å². The molecule has 0 bridgehead atoms. The second kappa shape index (κ2) is 8.81. The monoisotopic (exact) mass is 334 g/mol. The Labute approximate surface area is 140 Å². The lowest BCUT2D eigenvalue weighted by atomic mass is 10.1. The van der Waals surface area contributed by atoms with Gasteiger partial charge < -0.3 is 5.32 Å². The number of thioether (sulfide) groups is 1. The van der Waals surface area contributed by atoms with Gasteiger partial charge in [0.15, 0.2) is 0 Å². The smallest absolute Gasteiger partial charge is 0.224 e. The number of halogens is 1. The Hall–Kier alpha value is -1.52. The minimum atomic E-state index is 0.0103. The Kier molecular flexibility index (Phi) is 6.74. The third-order valence-corrected chi connectivity index (χ3v) is 4.27. The van der Waals surface area contributed by atoms with Crippen LogP contribution in [0.3, 0.4) is 0 Å². The Morgan fingerprint density at radius 1 is 1.32 bits per heavy atom. The fraction of sp³-hybridized carbons (Fsp3) is 0.294. The molecule has 1 aromatic carbocycles. The van der Waals surface area contributed by atoms with Crippen molar-refractivity contribution < 1.29 is 4.79 Å². The zero-order chi connectivity index (χ0) is 15.8. The number of amides is 1. The molecule has 3 nitrogen and oxygen atoms in total. The first kappa shape index (κ1) is 16.8. The number of hydrogen-bond acceptors (Lipinski definition) is 3. The maximum atomic E-state index is 12.1. The van der Waals surface area contributed by atoms with E-state index in [-0.39, 0.29) is 5.91 Å². The number of anilines is 1. The van der Waals surface area contributed by atoms with Crippen molar-refractivity contribution in [3.8, 4) is 0 Å². The molecule has 5 heteroatoms. The summed E-state index contributed by atoms with van der Waals surface area (Å²) in [5.74, 6) is 0.959. The van der Waals surface area contributed by atoms with Crippen molar-refractivity contribution in [3.05, 3.63) is 53.3 Å². The van der Waals surface area contributed by atoms with E-state index in [9.17, 15) is 4.79 Å². The molecule has 0 aliphatic heterocycles. The zero-order valence-corrected chi connectivity index (χ0v) is 14.1. The molecule has 0 spiro atoms. The predicted molar refractivity (Wildman–Crippen MR) is 93.7 cm³/mol. The molecule has 0 aliphatic rings. The second-order valence-electron chi connectivity index (χ2n) is 4.80. The molecule has 1 N–H and O–H groups in total. The molecule has 2 aromatic rings. The number of rotatable bonds is 7. The van der Waals surface area contributed by atoms with Crippen molar-refractivity contribution in [1.82, 2.24) is 4.98 Å². The summed E-state index contributed by atoms with van der Waals surface area (Å²) >= 11 is 7.71. The summed E-state index contributed by atoms with van der Waals surface area (Å²) in [6.07, 6.45) is 3.83. The van der Waals surface area contributed by atoms with Gasteiger partial charge in [-0.1, -0.05) is 24.6 Å². The topological polar surface area (TPSA) is 42.0 Å². The zero-order valence-electron chi connectivity index (χ0n) is 12.5. The summed E-state index contributed by atoms with van der Waals surface area (Å²) in [4.78, 5) is 17.4. The van der Waals surface area contributed by atoms with Crippen LogP contribution in [-0.4, -0.2) is 16.6 Å². The molecule has 22 heavy (non-hydrogen) atoms. The molecule has 2 rings (SSSR count). The second-order valence-corrected chi connectivity index (χ2v) is 6.54. The number of carbonyl (C=O) groups is 1. The Bertz CT molecular complexity index is 619. The summed E-state index contributed by atoms with van der Waals surface area (Å²) in [7, 11) is 0. The molecule has 0 saturated heterocycles. The normalized spacial score (nSPS) is 10.5. The minimum Gasteiger partial charge on any atom is -0.325 e. The third-order valence-electron chi connectivity index (χ3n) is 3.08. The van der Waals surface area contributed by atoms with Gasteiger partial charge in [-0.3, -0.25) is 9.78 Å². The first-order chi connectivity index (χ1) is 10.7. The highest BCUT2D eigenvalue weighted by Crippen LogP contribution is 2.30. The number of nitrogens with zero attached hydrogens (tertiary/aromatic N) is 1. The summed E-state index contributed by atoms with van der Waals surface area (Å²) in [6.45, 7) is 2.08. The van der Waals surface area contributed by atoms with Crippen LogP contribution < -0.4 is 5.32 Å². The number of carbonyl (C=O) groups excluding carboxylic acids is 1. The molecule has 0 atom stereocenters. The maximum Gasteiger partial charge on any atom is 0.224 e. The van der Waals surface area contributed by atoms with Gasteiger partial charge in [0.05, 0.1) is 5.69 Å². The van der Waals surface area contributed by atoms with Gasteiger partial charge >= 0.3 is 0 Å². The van der Waals surface area contributed by atoms with E-state index in [1.807, 2.05) is 30.3 Å². The average Bonchev–Trinajstić information content (AvgIpc) is 2.51. The fourth-order valence-electron chi connectivity index (χ4n) is 2.07.